The van der Waals surface area contributed by atoms with Crippen molar-refractivity contribution in [1.82, 2.24) is 4.98 Å². The number of fused-ring (bicyclic) bond motifs is 2. The first kappa shape index (κ1) is 18.2. The number of hydrogen-bond donors (Lipinski definition) is 3. The molecule has 7 nitrogen and oxygen atoms in total. The summed E-state index contributed by atoms with van der Waals surface area (Å²) in [4.78, 5) is 2.88. The Balaban J connectivity index is 1.62. The average Bonchev–Trinajstić information content (AvgIpc) is 3.00. The van der Waals surface area contributed by atoms with Gasteiger partial charge in [0.2, 0.25) is 11.0 Å². The lowest BCUT2D eigenvalue weighted by molar-refractivity contribution is 0.172. The second-order valence-electron chi connectivity index (χ2n) is 6.46. The number of thiocarbonyl (C=S) groups is 1. The molecular formula is C20H20N4O3S. The monoisotopic (exact) mass is 396 g/mol. The van der Waals surface area contributed by atoms with Crippen molar-refractivity contribution in [2.45, 2.75) is 20.3 Å². The minimum absolute atomic E-state index is 0.0889. The number of aromatic amines is 1. The van der Waals surface area contributed by atoms with Gasteiger partial charge in [-0.2, -0.15) is 0 Å². The van der Waals surface area contributed by atoms with Crippen molar-refractivity contribution < 1.29 is 14.6 Å². The van der Waals surface area contributed by atoms with E-state index in [-0.39, 0.29) is 11.0 Å². The molecule has 0 radical (unpaired) electrons. The number of nitrogens with one attached hydrogen (secondary N) is 2. The first-order valence-corrected chi connectivity index (χ1v) is 9.43. The predicted octanol–water partition coefficient (Wildman–Crippen LogP) is 5.00. The molecule has 0 aliphatic carbocycles. The van der Waals surface area contributed by atoms with Crippen molar-refractivity contribution in [3.05, 3.63) is 41.5 Å². The third-order valence-corrected chi connectivity index (χ3v) is 4.81. The van der Waals surface area contributed by atoms with E-state index in [1.165, 1.54) is 0 Å². The molecular weight excluding hydrogens is 376 g/mol. The third kappa shape index (κ3) is 3.38. The van der Waals surface area contributed by atoms with Crippen LogP contribution in [0.4, 0.5) is 11.4 Å². The number of benzene rings is 2. The second kappa shape index (κ2) is 7.47. The lowest BCUT2D eigenvalue weighted by atomic mass is 10.1. The van der Waals surface area contributed by atoms with Gasteiger partial charge in [-0.15, -0.1) is 10.2 Å². The highest BCUT2D eigenvalue weighted by molar-refractivity contribution is 7.80. The van der Waals surface area contributed by atoms with Crippen LogP contribution in [0, 0.1) is 6.92 Å². The first-order chi connectivity index (χ1) is 13.6. The molecule has 28 heavy (non-hydrogen) atoms. The zero-order chi connectivity index (χ0) is 19.7. The van der Waals surface area contributed by atoms with Gasteiger partial charge in [0.15, 0.2) is 17.2 Å². The van der Waals surface area contributed by atoms with Gasteiger partial charge in [0.25, 0.3) is 0 Å². The predicted molar refractivity (Wildman–Crippen MR) is 112 cm³/mol. The van der Waals surface area contributed by atoms with Crippen LogP contribution in [0.1, 0.15) is 18.1 Å². The molecule has 8 heteroatoms. The number of aromatic hydroxyl groups is 1. The van der Waals surface area contributed by atoms with E-state index in [2.05, 4.69) is 27.5 Å². The Morgan fingerprint density at radius 2 is 2.00 bits per heavy atom. The zero-order valence-corrected chi connectivity index (χ0v) is 16.4. The Hall–Kier alpha value is -3.13. The smallest absolute Gasteiger partial charge is 0.218 e. The van der Waals surface area contributed by atoms with Crippen LogP contribution in [-0.2, 0) is 6.42 Å². The molecule has 4 rings (SSSR count). The van der Waals surface area contributed by atoms with Crippen molar-refractivity contribution in [2.24, 2.45) is 10.2 Å². The number of H-pyrrole nitrogens is 1. The van der Waals surface area contributed by atoms with Crippen LogP contribution in [0.2, 0.25) is 0 Å². The molecule has 0 saturated carbocycles. The molecule has 0 fully saturated rings. The Kier molecular flexibility index (Phi) is 4.87. The largest absolute Gasteiger partial charge is 0.493 e. The van der Waals surface area contributed by atoms with E-state index in [0.717, 1.165) is 23.2 Å². The lowest BCUT2D eigenvalue weighted by Crippen LogP contribution is -2.15. The number of hydrogen-bond acceptors (Lipinski definition) is 5. The summed E-state index contributed by atoms with van der Waals surface area (Å²) in [6, 6.07) is 9.63. The van der Waals surface area contributed by atoms with Gasteiger partial charge in [-0.1, -0.05) is 25.1 Å². The number of azo groups is 1. The van der Waals surface area contributed by atoms with Crippen LogP contribution in [0.25, 0.3) is 10.9 Å². The van der Waals surface area contributed by atoms with Gasteiger partial charge >= 0.3 is 0 Å². The number of nitrogens with zero attached hydrogens (tertiary/aromatic N) is 2. The molecule has 0 atom stereocenters. The first-order valence-electron chi connectivity index (χ1n) is 9.02. The van der Waals surface area contributed by atoms with Crippen molar-refractivity contribution in [3.63, 3.8) is 0 Å². The molecule has 144 valence electrons. The number of aryl methyl sites for hydroxylation is 2. The lowest BCUT2D eigenvalue weighted by Gasteiger charge is -2.18. The van der Waals surface area contributed by atoms with E-state index in [1.54, 1.807) is 12.1 Å². The molecule has 3 aromatic rings. The molecule has 1 aliphatic heterocycles. The van der Waals surface area contributed by atoms with Crippen molar-refractivity contribution in [1.29, 1.82) is 0 Å². The number of aromatic nitrogens is 1. The van der Waals surface area contributed by atoms with Gasteiger partial charge < -0.3 is 24.9 Å². The molecule has 0 amide bonds. The van der Waals surface area contributed by atoms with Gasteiger partial charge in [-0.25, -0.2) is 0 Å². The molecule has 2 heterocycles. The Bertz CT molecular complexity index is 1090. The summed E-state index contributed by atoms with van der Waals surface area (Å²) >= 11 is 5.33. The minimum atomic E-state index is -0.0889. The van der Waals surface area contributed by atoms with E-state index in [4.69, 9.17) is 21.7 Å². The summed E-state index contributed by atoms with van der Waals surface area (Å²) in [6.45, 7) is 5.07. The fourth-order valence-corrected chi connectivity index (χ4v) is 3.38. The molecule has 3 N–H and O–H groups in total. The average molecular weight is 396 g/mol. The Morgan fingerprint density at radius 3 is 2.75 bits per heavy atom. The second-order valence-corrected chi connectivity index (χ2v) is 6.84. The summed E-state index contributed by atoms with van der Waals surface area (Å²) in [5, 5.41) is 22.6. The highest BCUT2D eigenvalue weighted by atomic mass is 32.1. The fourth-order valence-electron chi connectivity index (χ4n) is 3.23. The Labute approximate surface area is 167 Å². The SMILES string of the molecule is CCc1cccc(C)c1NC(=S)N=Nc1c(O)[nH]c2cc3c(cc12)OCCO3. The van der Waals surface area contributed by atoms with Crippen LogP contribution in [0.15, 0.2) is 40.6 Å². The van der Waals surface area contributed by atoms with Gasteiger partial charge in [-0.05, 0) is 42.8 Å². The topological polar surface area (TPSA) is 91.2 Å². The number of para-hydroxylation sites is 1. The third-order valence-electron chi connectivity index (χ3n) is 4.63. The standard InChI is InChI=1S/C20H20N4O3S/c1-3-12-6-4-5-11(2)17(12)22-20(28)24-23-18-13-9-15-16(27-8-7-26-15)10-14(13)21-19(18)25/h4-6,9-10,21,25H,3,7-8H2,1-2H3,(H,22,28). The van der Waals surface area contributed by atoms with E-state index < -0.39 is 0 Å². The van der Waals surface area contributed by atoms with Crippen molar-refractivity contribution >= 4 is 39.6 Å². The van der Waals surface area contributed by atoms with Crippen LogP contribution >= 0.6 is 12.2 Å². The van der Waals surface area contributed by atoms with E-state index in [1.807, 2.05) is 25.1 Å². The molecule has 2 aromatic carbocycles. The Morgan fingerprint density at radius 1 is 1.25 bits per heavy atom. The van der Waals surface area contributed by atoms with E-state index in [0.29, 0.717) is 41.3 Å². The van der Waals surface area contributed by atoms with Crippen molar-refractivity contribution in [3.8, 4) is 17.4 Å². The van der Waals surface area contributed by atoms with E-state index >= 15 is 0 Å². The van der Waals surface area contributed by atoms with Crippen LogP contribution in [0.5, 0.6) is 17.4 Å². The molecule has 0 spiro atoms. The highest BCUT2D eigenvalue weighted by Crippen LogP contribution is 2.42. The number of rotatable bonds is 3. The molecule has 0 unspecified atom stereocenters. The minimum Gasteiger partial charge on any atom is -0.493 e. The quantitative estimate of drug-likeness (QED) is 0.428. The maximum absolute atomic E-state index is 10.3. The maximum Gasteiger partial charge on any atom is 0.218 e. The number of anilines is 1. The molecule has 1 aliphatic rings. The summed E-state index contributed by atoms with van der Waals surface area (Å²) in [5.74, 6) is 1.16. The summed E-state index contributed by atoms with van der Waals surface area (Å²) < 4.78 is 11.2. The van der Waals surface area contributed by atoms with Gasteiger partial charge in [-0.3, -0.25) is 0 Å². The summed E-state index contributed by atoms with van der Waals surface area (Å²) in [6.07, 6.45) is 0.875. The van der Waals surface area contributed by atoms with Crippen molar-refractivity contribution in [2.75, 3.05) is 18.5 Å². The highest BCUT2D eigenvalue weighted by Gasteiger charge is 2.18. The summed E-state index contributed by atoms with van der Waals surface area (Å²) in [7, 11) is 0. The van der Waals surface area contributed by atoms with Crippen LogP contribution in [-0.4, -0.2) is 28.4 Å². The van der Waals surface area contributed by atoms with Gasteiger partial charge in [0.05, 0.1) is 5.52 Å². The fraction of sp³-hybridized carbons (Fsp3) is 0.250. The molecule has 0 saturated heterocycles. The molecule has 1 aromatic heterocycles. The normalized spacial score (nSPS) is 13.2. The molecule has 0 bridgehead atoms. The summed E-state index contributed by atoms with van der Waals surface area (Å²) in [5.41, 5.74) is 4.15. The maximum atomic E-state index is 10.3. The number of ether oxygens (including phenoxy) is 2. The van der Waals surface area contributed by atoms with E-state index in [9.17, 15) is 5.11 Å². The zero-order valence-electron chi connectivity index (χ0n) is 15.6. The van der Waals surface area contributed by atoms with Gasteiger partial charge in [0, 0.05) is 17.1 Å². The van der Waals surface area contributed by atoms with Gasteiger partial charge in [0.1, 0.15) is 13.2 Å². The van der Waals surface area contributed by atoms with Crippen LogP contribution in [0.3, 0.4) is 0 Å². The van der Waals surface area contributed by atoms with Crippen LogP contribution < -0.4 is 14.8 Å².